The van der Waals surface area contributed by atoms with E-state index < -0.39 is 9.84 Å². The number of benzene rings is 2. The van der Waals surface area contributed by atoms with Crippen molar-refractivity contribution in [1.82, 2.24) is 4.98 Å². The van der Waals surface area contributed by atoms with Gasteiger partial charge in [-0.05, 0) is 31.2 Å². The zero-order valence-electron chi connectivity index (χ0n) is 13.7. The fourth-order valence-electron chi connectivity index (χ4n) is 2.37. The molecule has 0 radical (unpaired) electrons. The number of sulfone groups is 1. The van der Waals surface area contributed by atoms with Crippen LogP contribution in [0.15, 0.2) is 68.9 Å². The molecule has 1 heterocycles. The van der Waals surface area contributed by atoms with E-state index in [0.29, 0.717) is 0 Å². The van der Waals surface area contributed by atoms with Crippen LogP contribution in [0.2, 0.25) is 0 Å². The van der Waals surface area contributed by atoms with Crippen LogP contribution in [-0.2, 0) is 9.84 Å². The SMILES string of the molecule is Cc1cccc(-c2nc(S(=O)(=O)c3ccccc3)c(N(C)C)o2)c1. The zero-order valence-corrected chi connectivity index (χ0v) is 14.5. The number of hydrogen-bond donors (Lipinski definition) is 0. The standard InChI is InChI=1S/C18H18N2O3S/c1-13-8-7-9-14(12-13)16-19-17(18(23-16)20(2)3)24(21,22)15-10-5-4-6-11-15/h4-12H,1-3H3. The lowest BCUT2D eigenvalue weighted by atomic mass is 10.1. The Morgan fingerprint density at radius 1 is 1.00 bits per heavy atom. The van der Waals surface area contributed by atoms with Gasteiger partial charge in [0.1, 0.15) is 0 Å². The van der Waals surface area contributed by atoms with Crippen LogP contribution < -0.4 is 4.90 Å². The van der Waals surface area contributed by atoms with E-state index in [2.05, 4.69) is 4.98 Å². The van der Waals surface area contributed by atoms with E-state index in [1.807, 2.05) is 31.2 Å². The molecule has 0 spiro atoms. The lowest BCUT2D eigenvalue weighted by Gasteiger charge is -2.09. The summed E-state index contributed by atoms with van der Waals surface area (Å²) in [4.78, 5) is 6.10. The molecule has 0 aliphatic carbocycles. The van der Waals surface area contributed by atoms with Gasteiger partial charge in [-0.15, -0.1) is 0 Å². The first kappa shape index (κ1) is 16.3. The fourth-order valence-corrected chi connectivity index (χ4v) is 3.76. The predicted molar refractivity (Wildman–Crippen MR) is 92.9 cm³/mol. The van der Waals surface area contributed by atoms with E-state index in [4.69, 9.17) is 4.42 Å². The summed E-state index contributed by atoms with van der Waals surface area (Å²) in [5.74, 6) is 0.507. The summed E-state index contributed by atoms with van der Waals surface area (Å²) >= 11 is 0. The molecule has 0 fully saturated rings. The van der Waals surface area contributed by atoms with Crippen LogP contribution in [0.5, 0.6) is 0 Å². The average Bonchev–Trinajstić information content (AvgIpc) is 3.02. The summed E-state index contributed by atoms with van der Waals surface area (Å²) < 4.78 is 31.6. The van der Waals surface area contributed by atoms with Crippen molar-refractivity contribution in [2.75, 3.05) is 19.0 Å². The number of oxazole rings is 1. The van der Waals surface area contributed by atoms with Crippen molar-refractivity contribution in [3.8, 4) is 11.5 Å². The van der Waals surface area contributed by atoms with E-state index in [1.165, 1.54) is 0 Å². The monoisotopic (exact) mass is 342 g/mol. The van der Waals surface area contributed by atoms with Gasteiger partial charge in [0.05, 0.1) is 4.90 Å². The molecule has 0 atom stereocenters. The Bertz CT molecular complexity index is 961. The Morgan fingerprint density at radius 2 is 1.71 bits per heavy atom. The van der Waals surface area contributed by atoms with Crippen molar-refractivity contribution >= 4 is 15.7 Å². The Labute approximate surface area is 141 Å². The number of hydrogen-bond acceptors (Lipinski definition) is 5. The van der Waals surface area contributed by atoms with Crippen molar-refractivity contribution in [3.05, 3.63) is 60.2 Å². The first-order chi connectivity index (χ1) is 11.4. The second-order valence-corrected chi connectivity index (χ2v) is 7.57. The van der Waals surface area contributed by atoms with Gasteiger partial charge >= 0.3 is 0 Å². The van der Waals surface area contributed by atoms with Crippen molar-refractivity contribution in [3.63, 3.8) is 0 Å². The molecule has 1 aromatic heterocycles. The largest absolute Gasteiger partial charge is 0.419 e. The Morgan fingerprint density at radius 3 is 2.33 bits per heavy atom. The van der Waals surface area contributed by atoms with Gasteiger partial charge in [0.15, 0.2) is 0 Å². The second-order valence-electron chi connectivity index (χ2n) is 5.71. The van der Waals surface area contributed by atoms with Crippen LogP contribution in [0.25, 0.3) is 11.5 Å². The summed E-state index contributed by atoms with van der Waals surface area (Å²) in [5, 5.41) is -0.0739. The maximum absolute atomic E-state index is 12.9. The molecule has 0 bridgehead atoms. The van der Waals surface area contributed by atoms with Crippen molar-refractivity contribution in [2.24, 2.45) is 0 Å². The van der Waals surface area contributed by atoms with Gasteiger partial charge in [0.2, 0.25) is 26.6 Å². The number of anilines is 1. The number of rotatable bonds is 4. The molecular weight excluding hydrogens is 324 g/mol. The van der Waals surface area contributed by atoms with Gasteiger partial charge in [-0.3, -0.25) is 0 Å². The molecule has 0 saturated heterocycles. The van der Waals surface area contributed by atoms with E-state index in [0.717, 1.165) is 11.1 Å². The lowest BCUT2D eigenvalue weighted by molar-refractivity contribution is 0.564. The van der Waals surface area contributed by atoms with Gasteiger partial charge < -0.3 is 9.32 Å². The van der Waals surface area contributed by atoms with Crippen LogP contribution in [0.4, 0.5) is 5.88 Å². The van der Waals surface area contributed by atoms with Crippen LogP contribution in [0.3, 0.4) is 0 Å². The first-order valence-corrected chi connectivity index (χ1v) is 8.93. The van der Waals surface area contributed by atoms with Crippen molar-refractivity contribution in [2.45, 2.75) is 16.8 Å². The normalized spacial score (nSPS) is 11.5. The summed E-state index contributed by atoms with van der Waals surface area (Å²) in [6.45, 7) is 1.96. The highest BCUT2D eigenvalue weighted by Crippen LogP contribution is 2.33. The molecular formula is C18H18N2O3S. The molecule has 2 aromatic carbocycles. The molecule has 3 rings (SSSR count). The highest BCUT2D eigenvalue weighted by atomic mass is 32.2. The topological polar surface area (TPSA) is 63.4 Å². The van der Waals surface area contributed by atoms with E-state index >= 15 is 0 Å². The van der Waals surface area contributed by atoms with Gasteiger partial charge in [-0.2, -0.15) is 4.98 Å². The highest BCUT2D eigenvalue weighted by molar-refractivity contribution is 7.91. The highest BCUT2D eigenvalue weighted by Gasteiger charge is 2.29. The van der Waals surface area contributed by atoms with E-state index in [9.17, 15) is 8.42 Å². The minimum absolute atomic E-state index is 0.0739. The number of aryl methyl sites for hydroxylation is 1. The average molecular weight is 342 g/mol. The summed E-state index contributed by atoms with van der Waals surface area (Å²) in [7, 11) is -0.305. The lowest BCUT2D eigenvalue weighted by Crippen LogP contribution is -2.13. The molecule has 0 unspecified atom stereocenters. The van der Waals surface area contributed by atoms with Crippen LogP contribution in [0, 0.1) is 6.92 Å². The van der Waals surface area contributed by atoms with Crippen LogP contribution in [0.1, 0.15) is 5.56 Å². The molecule has 124 valence electrons. The molecule has 6 heteroatoms. The molecule has 0 N–H and O–H groups in total. The molecule has 0 amide bonds. The number of aromatic nitrogens is 1. The maximum atomic E-state index is 12.9. The molecule has 3 aromatic rings. The van der Waals surface area contributed by atoms with Gasteiger partial charge in [0.25, 0.3) is 0 Å². The van der Waals surface area contributed by atoms with Gasteiger partial charge in [-0.1, -0.05) is 35.9 Å². The smallest absolute Gasteiger partial charge is 0.235 e. The predicted octanol–water partition coefficient (Wildman–Crippen LogP) is 3.55. The third-order valence-electron chi connectivity index (χ3n) is 3.56. The zero-order chi connectivity index (χ0) is 17.3. The minimum atomic E-state index is -3.76. The fraction of sp³-hybridized carbons (Fsp3) is 0.167. The molecule has 24 heavy (non-hydrogen) atoms. The first-order valence-electron chi connectivity index (χ1n) is 7.45. The third-order valence-corrected chi connectivity index (χ3v) is 5.23. The van der Waals surface area contributed by atoms with Crippen LogP contribution >= 0.6 is 0 Å². The van der Waals surface area contributed by atoms with Gasteiger partial charge in [-0.25, -0.2) is 8.42 Å². The summed E-state index contributed by atoms with van der Waals surface area (Å²) in [6, 6.07) is 15.8. The number of nitrogens with zero attached hydrogens (tertiary/aromatic N) is 2. The van der Waals surface area contributed by atoms with Gasteiger partial charge in [0, 0.05) is 19.7 Å². The third kappa shape index (κ3) is 2.92. The Hall–Kier alpha value is -2.60. The summed E-state index contributed by atoms with van der Waals surface area (Å²) in [6.07, 6.45) is 0. The molecule has 0 saturated carbocycles. The van der Waals surface area contributed by atoms with E-state index in [1.54, 1.807) is 49.3 Å². The van der Waals surface area contributed by atoms with Crippen molar-refractivity contribution in [1.29, 1.82) is 0 Å². The maximum Gasteiger partial charge on any atom is 0.235 e. The molecule has 5 nitrogen and oxygen atoms in total. The Kier molecular flexibility index (Phi) is 4.15. The van der Waals surface area contributed by atoms with Crippen LogP contribution in [-0.4, -0.2) is 27.5 Å². The molecule has 0 aliphatic heterocycles. The summed E-state index contributed by atoms with van der Waals surface area (Å²) in [5.41, 5.74) is 1.79. The van der Waals surface area contributed by atoms with E-state index in [-0.39, 0.29) is 21.7 Å². The Balaban J connectivity index is 2.18. The minimum Gasteiger partial charge on any atom is -0.419 e. The molecule has 0 aliphatic rings. The quantitative estimate of drug-likeness (QED) is 0.725. The van der Waals surface area contributed by atoms with Crippen molar-refractivity contribution < 1.29 is 12.8 Å². The second kappa shape index (κ2) is 6.13.